The van der Waals surface area contributed by atoms with Gasteiger partial charge < -0.3 is 19.7 Å². The molecule has 0 bridgehead atoms. The number of nitro benzene ring substituents is 1. The van der Waals surface area contributed by atoms with Crippen molar-refractivity contribution < 1.29 is 14.4 Å². The molecule has 1 aliphatic heterocycles. The van der Waals surface area contributed by atoms with Gasteiger partial charge in [0.2, 0.25) is 17.8 Å². The van der Waals surface area contributed by atoms with Crippen LogP contribution in [0, 0.1) is 10.1 Å². The minimum Gasteiger partial charge on any atom is -0.497 e. The fourth-order valence-electron chi connectivity index (χ4n) is 3.03. The normalized spacial score (nSPS) is 13.7. The number of methoxy groups -OCH3 is 1. The van der Waals surface area contributed by atoms with Crippen molar-refractivity contribution in [3.63, 3.8) is 0 Å². The smallest absolute Gasteiger partial charge is 0.269 e. The van der Waals surface area contributed by atoms with Gasteiger partial charge in [-0.1, -0.05) is 0 Å². The lowest BCUT2D eigenvalue weighted by molar-refractivity contribution is -0.384. The lowest BCUT2D eigenvalue weighted by Gasteiger charge is -2.27. The molecule has 12 nitrogen and oxygen atoms in total. The number of hydrogen-bond donors (Lipinski definition) is 2. The Morgan fingerprint density at radius 3 is 2.42 bits per heavy atom. The van der Waals surface area contributed by atoms with Gasteiger partial charge in [-0.2, -0.15) is 20.1 Å². The Morgan fingerprint density at radius 1 is 1.06 bits per heavy atom. The molecule has 12 heteroatoms. The highest BCUT2D eigenvalue weighted by Gasteiger charge is 2.17. The Morgan fingerprint density at radius 2 is 1.76 bits per heavy atom. The lowest BCUT2D eigenvalue weighted by Crippen LogP contribution is -2.37. The van der Waals surface area contributed by atoms with Crippen molar-refractivity contribution in [2.45, 2.75) is 0 Å². The number of aromatic nitrogens is 3. The van der Waals surface area contributed by atoms with Gasteiger partial charge in [-0.05, 0) is 42.0 Å². The van der Waals surface area contributed by atoms with Crippen molar-refractivity contribution in [2.24, 2.45) is 5.10 Å². The van der Waals surface area contributed by atoms with Crippen LogP contribution in [0.3, 0.4) is 0 Å². The Hall–Kier alpha value is -4.32. The molecule has 0 amide bonds. The van der Waals surface area contributed by atoms with Crippen LogP contribution in [0.4, 0.5) is 29.2 Å². The SMILES string of the molecule is COc1ccc(/C=N/Nc2nc(Nc3ccc([N+](=O)[O-])cc3)nc(N3CCOCC3)n2)cc1. The van der Waals surface area contributed by atoms with E-state index in [1.807, 2.05) is 29.2 Å². The molecule has 2 heterocycles. The quantitative estimate of drug-likeness (QED) is 0.299. The van der Waals surface area contributed by atoms with Crippen LogP contribution in [-0.2, 0) is 4.74 Å². The number of morpholine rings is 1. The Labute approximate surface area is 189 Å². The molecule has 0 atom stereocenters. The van der Waals surface area contributed by atoms with Gasteiger partial charge in [-0.3, -0.25) is 10.1 Å². The fraction of sp³-hybridized carbons (Fsp3) is 0.238. The van der Waals surface area contributed by atoms with Crippen LogP contribution in [0.25, 0.3) is 0 Å². The summed E-state index contributed by atoms with van der Waals surface area (Å²) in [6.45, 7) is 2.45. The summed E-state index contributed by atoms with van der Waals surface area (Å²) in [7, 11) is 1.61. The topological polar surface area (TPSA) is 140 Å². The van der Waals surface area contributed by atoms with Gasteiger partial charge in [0.1, 0.15) is 5.75 Å². The van der Waals surface area contributed by atoms with Crippen molar-refractivity contribution in [1.29, 1.82) is 0 Å². The van der Waals surface area contributed by atoms with Gasteiger partial charge in [0.05, 0.1) is 31.5 Å². The summed E-state index contributed by atoms with van der Waals surface area (Å²) in [6.07, 6.45) is 1.64. The number of non-ortho nitro benzene ring substituents is 1. The maximum absolute atomic E-state index is 10.9. The van der Waals surface area contributed by atoms with Gasteiger partial charge >= 0.3 is 0 Å². The molecule has 3 aromatic rings. The fourth-order valence-corrected chi connectivity index (χ4v) is 3.03. The summed E-state index contributed by atoms with van der Waals surface area (Å²) < 4.78 is 10.6. The molecule has 0 aliphatic carbocycles. The molecule has 33 heavy (non-hydrogen) atoms. The van der Waals surface area contributed by atoms with Gasteiger partial charge in [0, 0.05) is 30.9 Å². The lowest BCUT2D eigenvalue weighted by atomic mass is 10.2. The first-order valence-electron chi connectivity index (χ1n) is 10.1. The van der Waals surface area contributed by atoms with Gasteiger partial charge in [-0.25, -0.2) is 5.43 Å². The van der Waals surface area contributed by atoms with E-state index in [4.69, 9.17) is 9.47 Å². The Kier molecular flexibility index (Phi) is 6.85. The summed E-state index contributed by atoms with van der Waals surface area (Å²) in [5, 5.41) is 18.2. The first kappa shape index (κ1) is 21.9. The molecule has 2 aromatic carbocycles. The second-order valence-corrected chi connectivity index (χ2v) is 6.95. The van der Waals surface area contributed by atoms with Crippen LogP contribution in [-0.4, -0.2) is 59.5 Å². The van der Waals surface area contributed by atoms with Crippen LogP contribution >= 0.6 is 0 Å². The van der Waals surface area contributed by atoms with Crippen molar-refractivity contribution in [3.05, 3.63) is 64.2 Å². The molecule has 2 N–H and O–H groups in total. The summed E-state index contributed by atoms with van der Waals surface area (Å²) in [4.78, 5) is 25.7. The number of ether oxygens (including phenoxy) is 2. The number of nitrogens with one attached hydrogen (secondary N) is 2. The van der Waals surface area contributed by atoms with E-state index in [0.717, 1.165) is 11.3 Å². The number of rotatable bonds is 8. The van der Waals surface area contributed by atoms with E-state index in [1.165, 1.54) is 12.1 Å². The van der Waals surface area contributed by atoms with Crippen LogP contribution in [0.1, 0.15) is 5.56 Å². The molecular formula is C21H22N8O4. The van der Waals surface area contributed by atoms with E-state index in [-0.39, 0.29) is 17.6 Å². The van der Waals surface area contributed by atoms with Gasteiger partial charge in [-0.15, -0.1) is 0 Å². The second kappa shape index (κ2) is 10.3. The number of hydrazone groups is 1. The van der Waals surface area contributed by atoms with Crippen LogP contribution in [0.2, 0.25) is 0 Å². The van der Waals surface area contributed by atoms with E-state index in [2.05, 4.69) is 30.8 Å². The summed E-state index contributed by atoms with van der Waals surface area (Å²) >= 11 is 0. The van der Waals surface area contributed by atoms with E-state index in [9.17, 15) is 10.1 Å². The molecule has 1 saturated heterocycles. The first-order valence-corrected chi connectivity index (χ1v) is 10.1. The summed E-state index contributed by atoms with van der Waals surface area (Å²) in [6, 6.07) is 13.4. The second-order valence-electron chi connectivity index (χ2n) is 6.95. The molecule has 1 aliphatic rings. The van der Waals surface area contributed by atoms with Gasteiger partial charge in [0.15, 0.2) is 0 Å². The van der Waals surface area contributed by atoms with E-state index in [1.54, 1.807) is 25.5 Å². The zero-order valence-corrected chi connectivity index (χ0v) is 17.8. The number of nitrogens with zero attached hydrogens (tertiary/aromatic N) is 6. The highest BCUT2D eigenvalue weighted by molar-refractivity contribution is 5.80. The van der Waals surface area contributed by atoms with Crippen LogP contribution in [0.5, 0.6) is 5.75 Å². The van der Waals surface area contributed by atoms with Crippen molar-refractivity contribution >= 4 is 35.4 Å². The number of hydrogen-bond acceptors (Lipinski definition) is 11. The zero-order valence-electron chi connectivity index (χ0n) is 17.8. The molecule has 1 aromatic heterocycles. The highest BCUT2D eigenvalue weighted by Crippen LogP contribution is 2.21. The number of anilines is 4. The number of nitro groups is 1. The minimum atomic E-state index is -0.452. The molecule has 0 unspecified atom stereocenters. The van der Waals surface area contributed by atoms with Crippen molar-refractivity contribution in [2.75, 3.05) is 49.1 Å². The van der Waals surface area contributed by atoms with E-state index >= 15 is 0 Å². The molecule has 0 saturated carbocycles. The average Bonchev–Trinajstić information content (AvgIpc) is 2.85. The Balaban J connectivity index is 1.54. The highest BCUT2D eigenvalue weighted by atomic mass is 16.6. The zero-order chi connectivity index (χ0) is 23.0. The van der Waals surface area contributed by atoms with E-state index < -0.39 is 4.92 Å². The van der Waals surface area contributed by atoms with Gasteiger partial charge in [0.25, 0.3) is 5.69 Å². The minimum absolute atomic E-state index is 0.000396. The van der Waals surface area contributed by atoms with Crippen molar-refractivity contribution in [3.8, 4) is 5.75 Å². The van der Waals surface area contributed by atoms with Crippen LogP contribution < -0.4 is 20.4 Å². The molecule has 170 valence electrons. The maximum atomic E-state index is 10.9. The molecule has 4 rings (SSSR count). The average molecular weight is 450 g/mol. The predicted molar refractivity (Wildman–Crippen MR) is 123 cm³/mol. The first-order chi connectivity index (χ1) is 16.1. The summed E-state index contributed by atoms with van der Waals surface area (Å²) in [5.41, 5.74) is 4.32. The van der Waals surface area contributed by atoms with Crippen molar-refractivity contribution in [1.82, 2.24) is 15.0 Å². The number of benzene rings is 2. The molecule has 0 radical (unpaired) electrons. The molecule has 1 fully saturated rings. The monoisotopic (exact) mass is 450 g/mol. The third-order valence-electron chi connectivity index (χ3n) is 4.75. The molecular weight excluding hydrogens is 428 g/mol. The van der Waals surface area contributed by atoms with Crippen LogP contribution in [0.15, 0.2) is 53.6 Å². The maximum Gasteiger partial charge on any atom is 0.269 e. The standard InChI is InChI=1S/C21H22N8O4/c1-32-18-8-2-15(3-9-18)14-22-27-20-24-19(23-16-4-6-17(7-5-16)29(30)31)25-21(26-20)28-10-12-33-13-11-28/h2-9,14H,10-13H2,1H3,(H2,23,24,25,26,27)/b22-14+. The summed E-state index contributed by atoms with van der Waals surface area (Å²) in [5.74, 6) is 1.76. The third-order valence-corrected chi connectivity index (χ3v) is 4.75. The van der Waals surface area contributed by atoms with E-state index in [0.29, 0.717) is 37.9 Å². The largest absolute Gasteiger partial charge is 0.497 e. The third kappa shape index (κ3) is 5.89. The predicted octanol–water partition coefficient (Wildman–Crippen LogP) is 2.81. The molecule has 0 spiro atoms. The Bertz CT molecular complexity index is 1120.